The maximum atomic E-state index is 10.6. The van der Waals surface area contributed by atoms with Crippen molar-refractivity contribution in [3.05, 3.63) is 77.9 Å². The molecule has 0 aromatic heterocycles. The maximum Gasteiger partial charge on any atom is 0.291 e. The Morgan fingerprint density at radius 1 is 0.967 bits per heavy atom. The van der Waals surface area contributed by atoms with Gasteiger partial charge in [0.15, 0.2) is 5.96 Å². The molecule has 2 rings (SSSR count). The Bertz CT molecular complexity index is 920. The summed E-state index contributed by atoms with van der Waals surface area (Å²) < 4.78 is 0. The standard InChI is InChI=1S/C8H11N5O2.C7H8N2O2.HNO3/c9-4-5-1-6(12-8(10)11)3-7(2-5)13(14)15;1-5-2-6(8)4-7(3-5)9(10)11;2-1(3)4/h1-3H,4,9H2,(H4,10,11,12);2-4H,8H2,1H3;(H,2,3,4). The molecule has 0 amide bonds. The minimum absolute atomic E-state index is 0.0440. The molecule has 15 nitrogen and oxygen atoms in total. The van der Waals surface area contributed by atoms with Crippen LogP contribution < -0.4 is 22.9 Å². The van der Waals surface area contributed by atoms with Gasteiger partial charge in [-0.1, -0.05) is 0 Å². The van der Waals surface area contributed by atoms with Crippen molar-refractivity contribution >= 4 is 28.7 Å². The number of hydrogen-bond donors (Lipinski definition) is 5. The van der Waals surface area contributed by atoms with Crippen LogP contribution in [0.3, 0.4) is 0 Å². The number of benzene rings is 2. The van der Waals surface area contributed by atoms with E-state index < -0.39 is 14.9 Å². The molecule has 0 fully saturated rings. The molecule has 15 heteroatoms. The quantitative estimate of drug-likeness (QED) is 0.152. The van der Waals surface area contributed by atoms with Crippen molar-refractivity contribution in [3.63, 3.8) is 0 Å². The third-order valence-electron chi connectivity index (χ3n) is 2.96. The second-order valence-corrected chi connectivity index (χ2v) is 5.45. The molecule has 0 aliphatic heterocycles. The van der Waals surface area contributed by atoms with Gasteiger partial charge in [0, 0.05) is 36.5 Å². The molecule has 0 bridgehead atoms. The van der Waals surface area contributed by atoms with Gasteiger partial charge >= 0.3 is 0 Å². The molecule has 0 aliphatic carbocycles. The van der Waals surface area contributed by atoms with Crippen LogP contribution in [-0.4, -0.2) is 26.1 Å². The van der Waals surface area contributed by atoms with Crippen LogP contribution in [-0.2, 0) is 6.54 Å². The van der Waals surface area contributed by atoms with Crippen LogP contribution in [0, 0.1) is 37.3 Å². The largest absolute Gasteiger partial charge is 0.399 e. The van der Waals surface area contributed by atoms with E-state index in [0.717, 1.165) is 5.56 Å². The average molecular weight is 424 g/mol. The van der Waals surface area contributed by atoms with Crippen molar-refractivity contribution < 1.29 is 20.1 Å². The molecule has 0 radical (unpaired) electrons. The minimum atomic E-state index is -1.50. The number of aryl methyl sites for hydroxylation is 1. The van der Waals surface area contributed by atoms with E-state index in [1.54, 1.807) is 19.1 Å². The molecule has 162 valence electrons. The summed E-state index contributed by atoms with van der Waals surface area (Å²) in [5.41, 5.74) is 23.2. The van der Waals surface area contributed by atoms with Crippen molar-refractivity contribution in [1.29, 1.82) is 0 Å². The van der Waals surface area contributed by atoms with E-state index in [9.17, 15) is 20.2 Å². The summed E-state index contributed by atoms with van der Waals surface area (Å²) in [6, 6.07) is 8.76. The second kappa shape index (κ2) is 12.0. The van der Waals surface area contributed by atoms with Crippen LogP contribution in [0.1, 0.15) is 11.1 Å². The van der Waals surface area contributed by atoms with Crippen molar-refractivity contribution in [2.24, 2.45) is 22.2 Å². The molecular formula is C15H20N8O7. The van der Waals surface area contributed by atoms with Crippen LogP contribution >= 0.6 is 0 Å². The summed E-state index contributed by atoms with van der Waals surface area (Å²) in [5.74, 6) is -0.154. The summed E-state index contributed by atoms with van der Waals surface area (Å²) in [5, 5.41) is 34.5. The average Bonchev–Trinajstić information content (AvgIpc) is 2.60. The third kappa shape index (κ3) is 10.6. The minimum Gasteiger partial charge on any atom is -0.399 e. The molecule has 0 saturated heterocycles. The zero-order valence-corrected chi connectivity index (χ0v) is 15.7. The van der Waals surface area contributed by atoms with E-state index in [0.29, 0.717) is 16.9 Å². The number of anilines is 1. The van der Waals surface area contributed by atoms with Crippen molar-refractivity contribution in [2.45, 2.75) is 13.5 Å². The number of non-ortho nitro benzene ring substituents is 2. The summed E-state index contributed by atoms with van der Waals surface area (Å²) >= 11 is 0. The number of hydrogen-bond acceptors (Lipinski definition) is 9. The molecule has 0 aliphatic rings. The van der Waals surface area contributed by atoms with Gasteiger partial charge in [0.05, 0.1) is 15.5 Å². The fourth-order valence-electron chi connectivity index (χ4n) is 1.99. The number of aliphatic imine (C=N–C) groups is 1. The highest BCUT2D eigenvalue weighted by Gasteiger charge is 2.08. The fraction of sp³-hybridized carbons (Fsp3) is 0.133. The molecule has 0 spiro atoms. The number of rotatable bonds is 4. The highest BCUT2D eigenvalue weighted by molar-refractivity contribution is 5.79. The van der Waals surface area contributed by atoms with Gasteiger partial charge in [-0.15, -0.1) is 10.1 Å². The number of nitrogens with two attached hydrogens (primary N) is 4. The van der Waals surface area contributed by atoms with E-state index >= 15 is 0 Å². The highest BCUT2D eigenvalue weighted by Crippen LogP contribution is 2.22. The first-order chi connectivity index (χ1) is 13.8. The van der Waals surface area contributed by atoms with Crippen molar-refractivity contribution in [3.8, 4) is 0 Å². The molecule has 9 N–H and O–H groups in total. The van der Waals surface area contributed by atoms with Crippen molar-refractivity contribution in [2.75, 3.05) is 5.73 Å². The summed E-state index contributed by atoms with van der Waals surface area (Å²) in [6.07, 6.45) is 0. The predicted molar refractivity (Wildman–Crippen MR) is 107 cm³/mol. The van der Waals surface area contributed by atoms with Gasteiger partial charge in [-0.05, 0) is 30.2 Å². The predicted octanol–water partition coefficient (Wildman–Crippen LogP) is 1.10. The molecule has 2 aromatic carbocycles. The Morgan fingerprint density at radius 3 is 1.87 bits per heavy atom. The van der Waals surface area contributed by atoms with Crippen LogP contribution in [0.5, 0.6) is 0 Å². The lowest BCUT2D eigenvalue weighted by Gasteiger charge is -2.00. The SMILES string of the molecule is Cc1cc(N)cc([N+](=O)[O-])c1.NCc1cc(N=C(N)N)cc([N+](=O)[O-])c1.O=[N+]([O-])O. The smallest absolute Gasteiger partial charge is 0.291 e. The van der Waals surface area contributed by atoms with Crippen LogP contribution in [0.2, 0.25) is 0 Å². The molecule has 0 saturated carbocycles. The lowest BCUT2D eigenvalue weighted by molar-refractivity contribution is -0.742. The Kier molecular flexibility index (Phi) is 10.2. The van der Waals surface area contributed by atoms with E-state index in [1.807, 2.05) is 0 Å². The molecular weight excluding hydrogens is 404 g/mol. The zero-order chi connectivity index (χ0) is 23.4. The Hall–Kier alpha value is -4.53. The van der Waals surface area contributed by atoms with Gasteiger partial charge < -0.3 is 28.1 Å². The Balaban J connectivity index is 0.000000491. The van der Waals surface area contributed by atoms with E-state index in [4.69, 9.17) is 38.3 Å². The normalized spacial score (nSPS) is 9.13. The number of nitrogens with zero attached hydrogens (tertiary/aromatic N) is 4. The highest BCUT2D eigenvalue weighted by atomic mass is 16.9. The first-order valence-corrected chi connectivity index (χ1v) is 7.78. The van der Waals surface area contributed by atoms with Gasteiger partial charge in [0.25, 0.3) is 16.5 Å². The summed E-state index contributed by atoms with van der Waals surface area (Å²) in [6.45, 7) is 1.96. The monoisotopic (exact) mass is 424 g/mol. The number of nitro groups is 2. The van der Waals surface area contributed by atoms with Gasteiger partial charge in [0.1, 0.15) is 0 Å². The molecule has 2 aromatic rings. The number of guanidine groups is 1. The van der Waals surface area contributed by atoms with Crippen LogP contribution in [0.4, 0.5) is 22.7 Å². The zero-order valence-electron chi connectivity index (χ0n) is 15.7. The van der Waals surface area contributed by atoms with Gasteiger partial charge in [-0.2, -0.15) is 0 Å². The topological polar surface area (TPSA) is 266 Å². The summed E-state index contributed by atoms with van der Waals surface area (Å²) in [7, 11) is 0. The molecule has 30 heavy (non-hydrogen) atoms. The van der Waals surface area contributed by atoms with Crippen LogP contribution in [0.15, 0.2) is 41.4 Å². The maximum absolute atomic E-state index is 10.6. The van der Waals surface area contributed by atoms with Gasteiger partial charge in [-0.25, -0.2) is 4.99 Å². The Morgan fingerprint density at radius 2 is 1.47 bits per heavy atom. The Labute approximate surface area is 169 Å². The first-order valence-electron chi connectivity index (χ1n) is 7.78. The number of nitro benzene ring substituents is 2. The van der Waals surface area contributed by atoms with Crippen LogP contribution in [0.25, 0.3) is 0 Å². The molecule has 0 unspecified atom stereocenters. The van der Waals surface area contributed by atoms with Crippen molar-refractivity contribution in [1.82, 2.24) is 0 Å². The van der Waals surface area contributed by atoms with E-state index in [1.165, 1.54) is 24.3 Å². The van der Waals surface area contributed by atoms with Gasteiger partial charge in [0.2, 0.25) is 0 Å². The summed E-state index contributed by atoms with van der Waals surface area (Å²) in [4.78, 5) is 31.9. The second-order valence-electron chi connectivity index (χ2n) is 5.45. The van der Waals surface area contributed by atoms with E-state index in [-0.39, 0.29) is 23.9 Å². The lowest BCUT2D eigenvalue weighted by atomic mass is 10.2. The third-order valence-corrected chi connectivity index (χ3v) is 2.96. The van der Waals surface area contributed by atoms with E-state index in [2.05, 4.69) is 4.99 Å². The first kappa shape index (κ1) is 25.5. The molecule has 0 atom stereocenters. The fourth-order valence-corrected chi connectivity index (χ4v) is 1.99. The molecule has 0 heterocycles. The van der Waals surface area contributed by atoms with Gasteiger partial charge in [-0.3, -0.25) is 20.2 Å². The number of nitrogen functional groups attached to an aromatic ring is 1. The lowest BCUT2D eigenvalue weighted by Crippen LogP contribution is -2.21.